The SMILES string of the molecule is Cl.Cl.NCCCOc1ncccc1Br. The highest BCUT2D eigenvalue weighted by Crippen LogP contribution is 2.20. The second-order valence-corrected chi connectivity index (χ2v) is 3.14. The van der Waals surface area contributed by atoms with Crippen LogP contribution < -0.4 is 10.5 Å². The van der Waals surface area contributed by atoms with Crippen LogP contribution in [0.1, 0.15) is 6.42 Å². The van der Waals surface area contributed by atoms with Crippen LogP contribution in [0.2, 0.25) is 0 Å². The highest BCUT2D eigenvalue weighted by molar-refractivity contribution is 9.10. The average molecular weight is 304 g/mol. The van der Waals surface area contributed by atoms with Crippen LogP contribution >= 0.6 is 40.7 Å². The van der Waals surface area contributed by atoms with E-state index in [9.17, 15) is 0 Å². The number of nitrogens with two attached hydrogens (primary N) is 1. The molecule has 0 aromatic carbocycles. The number of hydrogen-bond donors (Lipinski definition) is 1. The first-order valence-electron chi connectivity index (χ1n) is 3.78. The first-order valence-corrected chi connectivity index (χ1v) is 4.57. The van der Waals surface area contributed by atoms with E-state index < -0.39 is 0 Å². The van der Waals surface area contributed by atoms with Crippen LogP contribution in [-0.2, 0) is 0 Å². The summed E-state index contributed by atoms with van der Waals surface area (Å²) in [7, 11) is 0. The summed E-state index contributed by atoms with van der Waals surface area (Å²) >= 11 is 3.33. The Hall–Kier alpha value is -0.0300. The van der Waals surface area contributed by atoms with Crippen molar-refractivity contribution in [3.63, 3.8) is 0 Å². The lowest BCUT2D eigenvalue weighted by Crippen LogP contribution is -2.06. The molecule has 0 aliphatic heterocycles. The van der Waals surface area contributed by atoms with Crippen LogP contribution in [-0.4, -0.2) is 18.1 Å². The van der Waals surface area contributed by atoms with Gasteiger partial charge in [-0.3, -0.25) is 0 Å². The fourth-order valence-electron chi connectivity index (χ4n) is 0.730. The van der Waals surface area contributed by atoms with Gasteiger partial charge in [0.2, 0.25) is 5.88 Å². The predicted molar refractivity (Wildman–Crippen MR) is 65.6 cm³/mol. The van der Waals surface area contributed by atoms with Crippen LogP contribution in [0.15, 0.2) is 22.8 Å². The molecule has 0 unspecified atom stereocenters. The summed E-state index contributed by atoms with van der Waals surface area (Å²) < 4.78 is 6.22. The molecular formula is C8H13BrCl2N2O. The Kier molecular flexibility index (Phi) is 11.2. The van der Waals surface area contributed by atoms with Crippen molar-refractivity contribution >= 4 is 40.7 Å². The topological polar surface area (TPSA) is 48.1 Å². The van der Waals surface area contributed by atoms with Gasteiger partial charge < -0.3 is 10.5 Å². The Bertz CT molecular complexity index is 251. The minimum absolute atomic E-state index is 0. The number of ether oxygens (including phenoxy) is 1. The first kappa shape index (κ1) is 16.4. The zero-order chi connectivity index (χ0) is 8.81. The maximum absolute atomic E-state index is 5.34. The van der Waals surface area contributed by atoms with Gasteiger partial charge in [0.1, 0.15) is 0 Å². The second-order valence-electron chi connectivity index (χ2n) is 2.28. The zero-order valence-corrected chi connectivity index (χ0v) is 10.7. The van der Waals surface area contributed by atoms with E-state index in [2.05, 4.69) is 20.9 Å². The number of aromatic nitrogens is 1. The molecule has 1 aromatic rings. The minimum Gasteiger partial charge on any atom is -0.477 e. The van der Waals surface area contributed by atoms with Crippen molar-refractivity contribution in [2.45, 2.75) is 6.42 Å². The Morgan fingerprint density at radius 3 is 2.71 bits per heavy atom. The number of nitrogens with zero attached hydrogens (tertiary/aromatic N) is 1. The molecule has 1 rings (SSSR count). The molecule has 0 aliphatic rings. The van der Waals surface area contributed by atoms with Crippen LogP contribution in [0.4, 0.5) is 0 Å². The molecular weight excluding hydrogens is 291 g/mol. The van der Waals surface area contributed by atoms with Crippen molar-refractivity contribution in [2.75, 3.05) is 13.2 Å². The van der Waals surface area contributed by atoms with Gasteiger partial charge in [0.15, 0.2) is 0 Å². The highest BCUT2D eigenvalue weighted by Gasteiger charge is 1.98. The molecule has 0 saturated carbocycles. The smallest absolute Gasteiger partial charge is 0.227 e. The first-order chi connectivity index (χ1) is 5.84. The van der Waals surface area contributed by atoms with Crippen molar-refractivity contribution in [1.29, 1.82) is 0 Å². The zero-order valence-electron chi connectivity index (χ0n) is 7.48. The maximum Gasteiger partial charge on any atom is 0.227 e. The van der Waals surface area contributed by atoms with Crippen LogP contribution in [0.3, 0.4) is 0 Å². The van der Waals surface area contributed by atoms with E-state index in [4.69, 9.17) is 10.5 Å². The summed E-state index contributed by atoms with van der Waals surface area (Å²) in [6.45, 7) is 1.26. The summed E-state index contributed by atoms with van der Waals surface area (Å²) in [6.07, 6.45) is 2.55. The Morgan fingerprint density at radius 1 is 1.43 bits per heavy atom. The number of pyridine rings is 1. The fraction of sp³-hybridized carbons (Fsp3) is 0.375. The minimum atomic E-state index is 0. The van der Waals surface area contributed by atoms with Crippen molar-refractivity contribution in [2.24, 2.45) is 5.73 Å². The molecule has 0 fully saturated rings. The Labute approximate surface area is 104 Å². The van der Waals surface area contributed by atoms with Gasteiger partial charge in [-0.25, -0.2) is 4.98 Å². The van der Waals surface area contributed by atoms with Crippen LogP contribution in [0.25, 0.3) is 0 Å². The molecule has 2 N–H and O–H groups in total. The van der Waals surface area contributed by atoms with Gasteiger partial charge in [-0.2, -0.15) is 0 Å². The molecule has 0 saturated heterocycles. The number of halogens is 3. The predicted octanol–water partition coefficient (Wildman–Crippen LogP) is 2.42. The highest BCUT2D eigenvalue weighted by atomic mass is 79.9. The van der Waals surface area contributed by atoms with E-state index in [-0.39, 0.29) is 24.8 Å². The fourth-order valence-corrected chi connectivity index (χ4v) is 1.10. The standard InChI is InChI=1S/C8H11BrN2O.2ClH/c9-7-3-1-5-11-8(7)12-6-2-4-10;;/h1,3,5H,2,4,6,10H2;2*1H. The summed E-state index contributed by atoms with van der Waals surface area (Å²) in [5.74, 6) is 0.631. The monoisotopic (exact) mass is 302 g/mol. The number of hydrogen-bond acceptors (Lipinski definition) is 3. The third-order valence-electron chi connectivity index (χ3n) is 1.31. The lowest BCUT2D eigenvalue weighted by Gasteiger charge is -2.04. The van der Waals surface area contributed by atoms with Crippen molar-refractivity contribution in [3.05, 3.63) is 22.8 Å². The molecule has 0 radical (unpaired) electrons. The van der Waals surface area contributed by atoms with Crippen molar-refractivity contribution < 1.29 is 4.74 Å². The Balaban J connectivity index is 0. The quantitative estimate of drug-likeness (QED) is 0.869. The second kappa shape index (κ2) is 9.52. The average Bonchev–Trinajstić information content (AvgIpc) is 2.09. The van der Waals surface area contributed by atoms with E-state index in [1.54, 1.807) is 6.20 Å². The molecule has 0 bridgehead atoms. The third-order valence-corrected chi connectivity index (χ3v) is 1.92. The largest absolute Gasteiger partial charge is 0.477 e. The van der Waals surface area contributed by atoms with Gasteiger partial charge in [-0.15, -0.1) is 24.8 Å². The molecule has 1 aromatic heterocycles. The van der Waals surface area contributed by atoms with Crippen molar-refractivity contribution in [1.82, 2.24) is 4.98 Å². The molecule has 0 spiro atoms. The summed E-state index contributed by atoms with van der Waals surface area (Å²) in [5.41, 5.74) is 5.32. The van der Waals surface area contributed by atoms with Gasteiger partial charge in [-0.05, 0) is 41.0 Å². The summed E-state index contributed by atoms with van der Waals surface area (Å²) in [6, 6.07) is 3.74. The molecule has 6 heteroatoms. The van der Waals surface area contributed by atoms with Gasteiger partial charge in [0.05, 0.1) is 11.1 Å². The maximum atomic E-state index is 5.34. The molecule has 14 heavy (non-hydrogen) atoms. The normalized spacial score (nSPS) is 8.43. The van der Waals surface area contributed by atoms with Crippen LogP contribution in [0, 0.1) is 0 Å². The van der Waals surface area contributed by atoms with E-state index in [1.165, 1.54) is 0 Å². The van der Waals surface area contributed by atoms with Gasteiger partial charge >= 0.3 is 0 Å². The molecule has 82 valence electrons. The molecule has 0 aliphatic carbocycles. The Morgan fingerprint density at radius 2 is 2.14 bits per heavy atom. The number of rotatable bonds is 4. The van der Waals surface area contributed by atoms with E-state index in [1.807, 2.05) is 12.1 Å². The third kappa shape index (κ3) is 5.65. The van der Waals surface area contributed by atoms with E-state index in [0.29, 0.717) is 19.0 Å². The molecule has 1 heterocycles. The van der Waals surface area contributed by atoms with Crippen molar-refractivity contribution in [3.8, 4) is 5.88 Å². The summed E-state index contributed by atoms with van der Waals surface area (Å²) in [4.78, 5) is 4.04. The molecule has 3 nitrogen and oxygen atoms in total. The molecule has 0 atom stereocenters. The molecule has 0 amide bonds. The van der Waals surface area contributed by atoms with Crippen LogP contribution in [0.5, 0.6) is 5.88 Å². The van der Waals surface area contributed by atoms with E-state index in [0.717, 1.165) is 10.9 Å². The lowest BCUT2D eigenvalue weighted by atomic mass is 10.4. The van der Waals surface area contributed by atoms with E-state index >= 15 is 0 Å². The lowest BCUT2D eigenvalue weighted by molar-refractivity contribution is 0.299. The summed E-state index contributed by atoms with van der Waals surface area (Å²) in [5, 5.41) is 0. The van der Waals surface area contributed by atoms with Gasteiger partial charge in [0, 0.05) is 6.20 Å². The van der Waals surface area contributed by atoms with Gasteiger partial charge in [0.25, 0.3) is 0 Å². The van der Waals surface area contributed by atoms with Gasteiger partial charge in [-0.1, -0.05) is 0 Å².